The van der Waals surface area contributed by atoms with Crippen molar-refractivity contribution in [2.75, 3.05) is 20.2 Å². The van der Waals surface area contributed by atoms with Crippen LogP contribution < -0.4 is 10.6 Å². The molecule has 8 heavy (non-hydrogen) atoms. The van der Waals surface area contributed by atoms with Gasteiger partial charge in [0, 0.05) is 20.2 Å². The third-order valence-corrected chi connectivity index (χ3v) is 0.696. The lowest BCUT2D eigenvalue weighted by molar-refractivity contribution is 0.248. The Morgan fingerprint density at radius 3 is 1.88 bits per heavy atom. The molecule has 0 bridgehead atoms. The molecule has 0 radical (unpaired) electrons. The number of nitrogens with one attached hydrogen (secondary N) is 2. The largest absolute Gasteiger partial charge is 0.400 e. The molecule has 1 rings (SSSR count). The number of amides is 2. The summed E-state index contributed by atoms with van der Waals surface area (Å²) >= 11 is 0. The highest BCUT2D eigenvalue weighted by atomic mass is 16.2. The fraction of sp³-hybridized carbons (Fsp3) is 0.750. The van der Waals surface area contributed by atoms with E-state index in [0.717, 1.165) is 20.2 Å². The zero-order valence-corrected chi connectivity index (χ0v) is 4.77. The van der Waals surface area contributed by atoms with Crippen molar-refractivity contribution in [1.29, 1.82) is 0 Å². The molecule has 0 saturated carbocycles. The first kappa shape index (κ1) is 7.23. The smallest absolute Gasteiger partial charge is 0.314 e. The highest BCUT2D eigenvalue weighted by molar-refractivity contribution is 5.75. The maximum Gasteiger partial charge on any atom is 0.314 e. The lowest BCUT2D eigenvalue weighted by Crippen LogP contribution is -2.20. The van der Waals surface area contributed by atoms with E-state index in [1.807, 2.05) is 0 Å². The Bertz CT molecular complexity index is 66.4. The van der Waals surface area contributed by atoms with Crippen LogP contribution in [0.1, 0.15) is 0 Å². The molecule has 0 aromatic rings. The standard InChI is InChI=1S/C3H6N2O.CH4O/c6-3-4-1-2-5-3;1-2/h1-2H2,(H2,4,5,6);2H,1H3. The van der Waals surface area contributed by atoms with Gasteiger partial charge in [-0.05, 0) is 0 Å². The van der Waals surface area contributed by atoms with Gasteiger partial charge in [-0.2, -0.15) is 0 Å². The van der Waals surface area contributed by atoms with Gasteiger partial charge in [0.05, 0.1) is 0 Å². The first-order valence-corrected chi connectivity index (χ1v) is 2.36. The summed E-state index contributed by atoms with van der Waals surface area (Å²) in [7, 11) is 1.00. The highest BCUT2D eigenvalue weighted by Gasteiger charge is 2.02. The Morgan fingerprint density at radius 2 is 1.75 bits per heavy atom. The van der Waals surface area contributed by atoms with Gasteiger partial charge in [0.25, 0.3) is 0 Å². The average molecular weight is 118 g/mol. The van der Waals surface area contributed by atoms with Gasteiger partial charge in [-0.3, -0.25) is 0 Å². The monoisotopic (exact) mass is 118 g/mol. The van der Waals surface area contributed by atoms with Crippen LogP contribution in [-0.2, 0) is 0 Å². The van der Waals surface area contributed by atoms with Gasteiger partial charge < -0.3 is 15.7 Å². The van der Waals surface area contributed by atoms with Crippen molar-refractivity contribution in [3.8, 4) is 0 Å². The summed E-state index contributed by atoms with van der Waals surface area (Å²) < 4.78 is 0. The van der Waals surface area contributed by atoms with Crippen molar-refractivity contribution in [2.24, 2.45) is 0 Å². The number of hydrogen-bond acceptors (Lipinski definition) is 2. The van der Waals surface area contributed by atoms with E-state index in [0.29, 0.717) is 0 Å². The molecule has 4 nitrogen and oxygen atoms in total. The van der Waals surface area contributed by atoms with Crippen LogP contribution in [-0.4, -0.2) is 31.3 Å². The minimum absolute atomic E-state index is 0.0463. The SMILES string of the molecule is CO.O=C1NCCN1. The van der Waals surface area contributed by atoms with Gasteiger partial charge in [0.2, 0.25) is 0 Å². The quantitative estimate of drug-likeness (QED) is 0.378. The average Bonchev–Trinajstić information content (AvgIpc) is 2.24. The third kappa shape index (κ3) is 2.41. The lowest BCUT2D eigenvalue weighted by Gasteiger charge is -1.80. The molecule has 0 aliphatic carbocycles. The second kappa shape index (κ2) is 4.39. The minimum atomic E-state index is -0.0463. The summed E-state index contributed by atoms with van der Waals surface area (Å²) in [5.41, 5.74) is 0. The van der Waals surface area contributed by atoms with E-state index in [4.69, 9.17) is 5.11 Å². The number of aliphatic hydroxyl groups excluding tert-OH is 1. The number of rotatable bonds is 0. The van der Waals surface area contributed by atoms with Gasteiger partial charge in [0.1, 0.15) is 0 Å². The number of carbonyl (C=O) groups excluding carboxylic acids is 1. The summed E-state index contributed by atoms with van der Waals surface area (Å²) in [6, 6.07) is -0.0463. The third-order valence-electron chi connectivity index (χ3n) is 0.696. The maximum atomic E-state index is 10.0. The molecule has 1 heterocycles. The second-order valence-corrected chi connectivity index (χ2v) is 1.18. The molecule has 0 aromatic heterocycles. The molecule has 2 amide bonds. The molecule has 0 aromatic carbocycles. The van der Waals surface area contributed by atoms with Crippen LogP contribution >= 0.6 is 0 Å². The zero-order valence-electron chi connectivity index (χ0n) is 4.77. The minimum Gasteiger partial charge on any atom is -0.400 e. The Labute approximate surface area is 47.9 Å². The summed E-state index contributed by atoms with van der Waals surface area (Å²) in [5, 5.41) is 12.1. The molecule has 48 valence electrons. The molecule has 0 spiro atoms. The molecule has 1 aliphatic heterocycles. The molecule has 1 fully saturated rings. The number of aliphatic hydroxyl groups is 1. The molecule has 1 aliphatic rings. The fourth-order valence-electron chi connectivity index (χ4n) is 0.415. The number of hydrogen-bond donors (Lipinski definition) is 3. The van der Waals surface area contributed by atoms with Crippen LogP contribution in [0.25, 0.3) is 0 Å². The Morgan fingerprint density at radius 1 is 1.38 bits per heavy atom. The molecule has 1 saturated heterocycles. The maximum absolute atomic E-state index is 10.0. The fourth-order valence-corrected chi connectivity index (χ4v) is 0.415. The van der Waals surface area contributed by atoms with Gasteiger partial charge in [-0.25, -0.2) is 4.79 Å². The predicted octanol–water partition coefficient (Wildman–Crippen LogP) is -1.09. The van der Waals surface area contributed by atoms with E-state index >= 15 is 0 Å². The van der Waals surface area contributed by atoms with E-state index in [1.165, 1.54) is 0 Å². The van der Waals surface area contributed by atoms with E-state index in [9.17, 15) is 4.79 Å². The summed E-state index contributed by atoms with van der Waals surface area (Å²) in [6.07, 6.45) is 0. The normalized spacial score (nSPS) is 15.5. The van der Waals surface area contributed by atoms with E-state index in [2.05, 4.69) is 10.6 Å². The van der Waals surface area contributed by atoms with Crippen LogP contribution in [0.5, 0.6) is 0 Å². The van der Waals surface area contributed by atoms with E-state index in [1.54, 1.807) is 0 Å². The van der Waals surface area contributed by atoms with Crippen LogP contribution in [0, 0.1) is 0 Å². The predicted molar refractivity (Wildman–Crippen MR) is 29.5 cm³/mol. The molecular formula is C4H10N2O2. The van der Waals surface area contributed by atoms with Crippen molar-refractivity contribution in [2.45, 2.75) is 0 Å². The first-order chi connectivity index (χ1) is 3.89. The van der Waals surface area contributed by atoms with E-state index in [-0.39, 0.29) is 6.03 Å². The van der Waals surface area contributed by atoms with Crippen molar-refractivity contribution in [3.63, 3.8) is 0 Å². The molecule has 0 atom stereocenters. The molecule has 0 unspecified atom stereocenters. The summed E-state index contributed by atoms with van der Waals surface area (Å²) in [4.78, 5) is 10.0. The van der Waals surface area contributed by atoms with Gasteiger partial charge in [-0.1, -0.05) is 0 Å². The topological polar surface area (TPSA) is 61.4 Å². The van der Waals surface area contributed by atoms with Crippen molar-refractivity contribution in [3.05, 3.63) is 0 Å². The molecular weight excluding hydrogens is 108 g/mol. The molecule has 4 heteroatoms. The van der Waals surface area contributed by atoms with Crippen LogP contribution in [0.3, 0.4) is 0 Å². The summed E-state index contributed by atoms with van der Waals surface area (Å²) in [6.45, 7) is 1.55. The van der Waals surface area contributed by atoms with Crippen LogP contribution in [0.4, 0.5) is 4.79 Å². The van der Waals surface area contributed by atoms with Gasteiger partial charge in [-0.15, -0.1) is 0 Å². The van der Waals surface area contributed by atoms with E-state index < -0.39 is 0 Å². The molecule has 3 N–H and O–H groups in total. The second-order valence-electron chi connectivity index (χ2n) is 1.18. The number of urea groups is 1. The summed E-state index contributed by atoms with van der Waals surface area (Å²) in [5.74, 6) is 0. The van der Waals surface area contributed by atoms with Gasteiger partial charge in [0.15, 0.2) is 0 Å². The number of carbonyl (C=O) groups is 1. The van der Waals surface area contributed by atoms with Gasteiger partial charge >= 0.3 is 6.03 Å². The lowest BCUT2D eigenvalue weighted by atomic mass is 10.7. The Hall–Kier alpha value is -0.770. The highest BCUT2D eigenvalue weighted by Crippen LogP contribution is 1.69. The zero-order chi connectivity index (χ0) is 6.41. The Kier molecular flexibility index (Phi) is 3.97. The van der Waals surface area contributed by atoms with Crippen molar-refractivity contribution >= 4 is 6.03 Å². The van der Waals surface area contributed by atoms with Crippen LogP contribution in [0.2, 0.25) is 0 Å². The Balaban J connectivity index is 0.000000222. The van der Waals surface area contributed by atoms with Crippen molar-refractivity contribution in [1.82, 2.24) is 10.6 Å². The van der Waals surface area contributed by atoms with Crippen molar-refractivity contribution < 1.29 is 9.90 Å². The first-order valence-electron chi connectivity index (χ1n) is 2.36. The van der Waals surface area contributed by atoms with Crippen LogP contribution in [0.15, 0.2) is 0 Å².